The van der Waals surface area contributed by atoms with E-state index < -0.39 is 0 Å². The molecule has 3 N–H and O–H groups in total. The standard InChI is InChI=1S/C28H31N7O2/c1-33-17-22(16-30-33)20-7-5-8-21(15-20)27(37)32-28-31-24(19-35(28)25-10-3-2-4-11-25)9-6-12-26(36)34-14-13-23(29)18-34/h2-5,7-8,10-11,15-17,19,23H,6,9,12-14,18,29H2,1H3,(H,31,32,37)/t23-/m1/s1. The van der Waals surface area contributed by atoms with E-state index in [2.05, 4.69) is 10.4 Å². The predicted octanol–water partition coefficient (Wildman–Crippen LogP) is 3.41. The highest BCUT2D eigenvalue weighted by Crippen LogP contribution is 2.22. The summed E-state index contributed by atoms with van der Waals surface area (Å²) in [4.78, 5) is 32.3. The molecule has 1 atom stereocenters. The molecule has 37 heavy (non-hydrogen) atoms. The third-order valence-corrected chi connectivity index (χ3v) is 6.58. The maximum atomic E-state index is 13.2. The van der Waals surface area contributed by atoms with Crippen LogP contribution in [-0.4, -0.2) is 55.2 Å². The number of nitrogens with one attached hydrogen (secondary N) is 1. The average Bonchev–Trinajstić information content (AvgIpc) is 3.65. The van der Waals surface area contributed by atoms with E-state index in [9.17, 15) is 9.59 Å². The van der Waals surface area contributed by atoms with Gasteiger partial charge in [-0.2, -0.15) is 5.10 Å². The van der Waals surface area contributed by atoms with Crippen molar-refractivity contribution in [3.05, 3.63) is 84.4 Å². The fourth-order valence-corrected chi connectivity index (χ4v) is 4.60. The van der Waals surface area contributed by atoms with E-state index >= 15 is 0 Å². The summed E-state index contributed by atoms with van der Waals surface area (Å²) in [6.45, 7) is 1.38. The van der Waals surface area contributed by atoms with Crippen molar-refractivity contribution in [1.82, 2.24) is 24.2 Å². The highest BCUT2D eigenvalue weighted by molar-refractivity contribution is 6.04. The number of nitrogens with zero attached hydrogens (tertiary/aromatic N) is 5. The first kappa shape index (κ1) is 24.5. The molecule has 2 aromatic carbocycles. The van der Waals surface area contributed by atoms with Crippen molar-refractivity contribution in [3.63, 3.8) is 0 Å². The van der Waals surface area contributed by atoms with Gasteiger partial charge in [-0.15, -0.1) is 0 Å². The molecule has 2 amide bonds. The third-order valence-electron chi connectivity index (χ3n) is 6.58. The lowest BCUT2D eigenvalue weighted by Gasteiger charge is -2.15. The molecule has 0 spiro atoms. The van der Waals surface area contributed by atoms with E-state index in [1.807, 2.05) is 77.4 Å². The summed E-state index contributed by atoms with van der Waals surface area (Å²) in [6.07, 6.45) is 8.23. The Labute approximate surface area is 215 Å². The molecule has 0 radical (unpaired) electrons. The zero-order chi connectivity index (χ0) is 25.8. The van der Waals surface area contributed by atoms with Gasteiger partial charge in [0, 0.05) is 61.8 Å². The number of likely N-dealkylation sites (tertiary alicyclic amines) is 1. The van der Waals surface area contributed by atoms with E-state index in [0.717, 1.165) is 35.5 Å². The van der Waals surface area contributed by atoms with Crippen molar-refractivity contribution in [2.75, 3.05) is 18.4 Å². The molecule has 3 heterocycles. The minimum atomic E-state index is -0.249. The maximum Gasteiger partial charge on any atom is 0.258 e. The fraction of sp³-hybridized carbons (Fsp3) is 0.286. The molecule has 0 bridgehead atoms. The third kappa shape index (κ3) is 5.78. The molecule has 0 aliphatic carbocycles. The van der Waals surface area contributed by atoms with Crippen LogP contribution in [-0.2, 0) is 18.3 Å². The van der Waals surface area contributed by atoms with Crippen LogP contribution in [0.3, 0.4) is 0 Å². The molecule has 190 valence electrons. The van der Waals surface area contributed by atoms with Crippen molar-refractivity contribution >= 4 is 17.8 Å². The summed E-state index contributed by atoms with van der Waals surface area (Å²) in [7, 11) is 1.86. The molecule has 9 nitrogen and oxygen atoms in total. The molecule has 1 saturated heterocycles. The van der Waals surface area contributed by atoms with Crippen molar-refractivity contribution in [2.24, 2.45) is 12.8 Å². The number of hydrogen-bond acceptors (Lipinski definition) is 5. The Kier molecular flexibility index (Phi) is 7.14. The van der Waals surface area contributed by atoms with E-state index in [-0.39, 0.29) is 17.9 Å². The van der Waals surface area contributed by atoms with Crippen LogP contribution in [0.25, 0.3) is 16.8 Å². The number of anilines is 1. The molecule has 0 saturated carbocycles. The minimum Gasteiger partial charge on any atom is -0.341 e. The van der Waals surface area contributed by atoms with Crippen LogP contribution in [0.1, 0.15) is 35.3 Å². The number of carbonyl (C=O) groups is 2. The van der Waals surface area contributed by atoms with Gasteiger partial charge in [-0.3, -0.25) is 24.2 Å². The van der Waals surface area contributed by atoms with Crippen molar-refractivity contribution in [3.8, 4) is 16.8 Å². The molecule has 5 rings (SSSR count). The van der Waals surface area contributed by atoms with E-state index in [1.54, 1.807) is 16.9 Å². The summed E-state index contributed by atoms with van der Waals surface area (Å²) < 4.78 is 3.60. The zero-order valence-corrected chi connectivity index (χ0v) is 20.9. The molecule has 1 fully saturated rings. The van der Waals surface area contributed by atoms with Crippen LogP contribution < -0.4 is 11.1 Å². The van der Waals surface area contributed by atoms with Crippen LogP contribution >= 0.6 is 0 Å². The van der Waals surface area contributed by atoms with Crippen LogP contribution in [0.2, 0.25) is 0 Å². The van der Waals surface area contributed by atoms with Gasteiger partial charge in [-0.1, -0.05) is 30.3 Å². The molecule has 9 heteroatoms. The van der Waals surface area contributed by atoms with Gasteiger partial charge >= 0.3 is 0 Å². The van der Waals surface area contributed by atoms with Crippen molar-refractivity contribution in [2.45, 2.75) is 31.7 Å². The van der Waals surface area contributed by atoms with Gasteiger partial charge in [0.25, 0.3) is 5.91 Å². The van der Waals surface area contributed by atoms with Crippen LogP contribution in [0.4, 0.5) is 5.95 Å². The molecular weight excluding hydrogens is 466 g/mol. The topological polar surface area (TPSA) is 111 Å². The average molecular weight is 498 g/mol. The monoisotopic (exact) mass is 497 g/mol. The van der Waals surface area contributed by atoms with Crippen molar-refractivity contribution < 1.29 is 9.59 Å². The van der Waals surface area contributed by atoms with Crippen molar-refractivity contribution in [1.29, 1.82) is 0 Å². The van der Waals surface area contributed by atoms with Gasteiger partial charge < -0.3 is 10.6 Å². The highest BCUT2D eigenvalue weighted by atomic mass is 16.2. The Morgan fingerprint density at radius 2 is 1.92 bits per heavy atom. The Hall–Kier alpha value is -4.24. The maximum absolute atomic E-state index is 13.2. The number of benzene rings is 2. The summed E-state index contributed by atoms with van der Waals surface area (Å²) in [5.74, 6) is 0.327. The minimum absolute atomic E-state index is 0.0849. The SMILES string of the molecule is Cn1cc(-c2cccc(C(=O)Nc3nc(CCCC(=O)N4CC[C@@H](N)C4)cn3-c3ccccc3)c2)cn1. The molecule has 4 aromatic rings. The van der Waals surface area contributed by atoms with Crippen LogP contribution in [0, 0.1) is 0 Å². The second kappa shape index (κ2) is 10.8. The van der Waals surface area contributed by atoms with Gasteiger partial charge in [-0.05, 0) is 49.1 Å². The predicted molar refractivity (Wildman–Crippen MR) is 142 cm³/mol. The lowest BCUT2D eigenvalue weighted by atomic mass is 10.1. The number of hydrogen-bond donors (Lipinski definition) is 2. The van der Waals surface area contributed by atoms with Gasteiger partial charge in [0.1, 0.15) is 0 Å². The second-order valence-electron chi connectivity index (χ2n) is 9.44. The Morgan fingerprint density at radius 3 is 2.65 bits per heavy atom. The second-order valence-corrected chi connectivity index (χ2v) is 9.44. The Bertz CT molecular complexity index is 1390. The zero-order valence-electron chi connectivity index (χ0n) is 20.9. The van der Waals surface area contributed by atoms with Gasteiger partial charge in [0.15, 0.2) is 0 Å². The number of rotatable bonds is 8. The Morgan fingerprint density at radius 1 is 1.08 bits per heavy atom. The normalized spacial score (nSPS) is 15.2. The lowest BCUT2D eigenvalue weighted by molar-refractivity contribution is -0.130. The number of imidazole rings is 1. The van der Waals surface area contributed by atoms with Crippen LogP contribution in [0.15, 0.2) is 73.2 Å². The number of amides is 2. The quantitative estimate of drug-likeness (QED) is 0.388. The molecule has 2 aromatic heterocycles. The summed E-state index contributed by atoms with van der Waals surface area (Å²) in [5, 5.41) is 7.20. The van der Waals surface area contributed by atoms with Gasteiger partial charge in [0.05, 0.1) is 11.9 Å². The van der Waals surface area contributed by atoms with E-state index in [1.165, 1.54) is 0 Å². The first-order chi connectivity index (χ1) is 18.0. The summed E-state index contributed by atoms with van der Waals surface area (Å²) in [6, 6.07) is 17.3. The largest absolute Gasteiger partial charge is 0.341 e. The molecule has 1 aliphatic rings. The highest BCUT2D eigenvalue weighted by Gasteiger charge is 2.23. The first-order valence-corrected chi connectivity index (χ1v) is 12.5. The number of aryl methyl sites for hydroxylation is 2. The fourth-order valence-electron chi connectivity index (χ4n) is 4.60. The smallest absolute Gasteiger partial charge is 0.258 e. The molecule has 1 aliphatic heterocycles. The molecular formula is C28H31N7O2. The molecule has 0 unspecified atom stereocenters. The van der Waals surface area contributed by atoms with Gasteiger partial charge in [-0.25, -0.2) is 4.98 Å². The first-order valence-electron chi connectivity index (χ1n) is 12.5. The number of carbonyl (C=O) groups excluding carboxylic acids is 2. The summed E-state index contributed by atoms with van der Waals surface area (Å²) in [5.41, 5.74) is 10.0. The van der Waals surface area contributed by atoms with E-state index in [0.29, 0.717) is 37.3 Å². The Balaban J connectivity index is 1.31. The number of aromatic nitrogens is 4. The summed E-state index contributed by atoms with van der Waals surface area (Å²) >= 11 is 0. The lowest BCUT2D eigenvalue weighted by Crippen LogP contribution is -2.31. The van der Waals surface area contributed by atoms with Gasteiger partial charge in [0.2, 0.25) is 11.9 Å². The van der Waals surface area contributed by atoms with E-state index in [4.69, 9.17) is 10.7 Å². The number of para-hydroxylation sites is 1. The van der Waals surface area contributed by atoms with Crippen LogP contribution in [0.5, 0.6) is 0 Å². The number of nitrogens with two attached hydrogens (primary N) is 1.